The number of rotatable bonds is 10. The Balaban J connectivity index is 1.78. The van der Waals surface area contributed by atoms with E-state index in [1.165, 1.54) is 32.6 Å². The number of fused-ring (bicyclic) bond motifs is 1. The molecule has 190 valence electrons. The molecular weight excluding hydrogens is 476 g/mol. The Morgan fingerprint density at radius 2 is 2.11 bits per heavy atom. The minimum absolute atomic E-state index is 0.128. The van der Waals surface area contributed by atoms with Gasteiger partial charge in [0.2, 0.25) is 5.91 Å². The van der Waals surface area contributed by atoms with Crippen LogP contribution in [0.25, 0.3) is 16.9 Å². The van der Waals surface area contributed by atoms with Crippen LogP contribution in [0.1, 0.15) is 17.4 Å². The number of aliphatic hydroxyl groups is 2. The fraction of sp³-hybridized carbons (Fsp3) is 0.304. The maximum Gasteiger partial charge on any atom is 0.387 e. The fourth-order valence-electron chi connectivity index (χ4n) is 3.60. The molecule has 0 saturated heterocycles. The van der Waals surface area contributed by atoms with Gasteiger partial charge in [-0.2, -0.15) is 19.0 Å². The van der Waals surface area contributed by atoms with Crippen LogP contribution in [0, 0.1) is 0 Å². The minimum atomic E-state index is -3.09. The summed E-state index contributed by atoms with van der Waals surface area (Å²) < 4.78 is 33.9. The van der Waals surface area contributed by atoms with Crippen molar-refractivity contribution in [1.29, 1.82) is 0 Å². The zero-order chi connectivity index (χ0) is 25.8. The Hall–Kier alpha value is -4.10. The molecule has 1 unspecified atom stereocenters. The minimum Gasteiger partial charge on any atom is -0.434 e. The molecule has 0 radical (unpaired) electrons. The van der Waals surface area contributed by atoms with E-state index in [4.69, 9.17) is 4.74 Å². The highest BCUT2D eigenvalue weighted by Crippen LogP contribution is 2.37. The van der Waals surface area contributed by atoms with Crippen LogP contribution >= 0.6 is 0 Å². The molecule has 0 saturated carbocycles. The summed E-state index contributed by atoms with van der Waals surface area (Å²) in [5, 5.41) is 31.8. The number of ether oxygens (including phenoxy) is 1. The molecule has 3 aromatic heterocycles. The van der Waals surface area contributed by atoms with Gasteiger partial charge in [-0.1, -0.05) is 6.07 Å². The summed E-state index contributed by atoms with van der Waals surface area (Å²) in [6, 6.07) is 6.20. The first-order valence-electron chi connectivity index (χ1n) is 11.0. The zero-order valence-corrected chi connectivity index (χ0v) is 19.5. The maximum atomic E-state index is 13.2. The Labute approximate surface area is 204 Å². The number of nitrogens with zero attached hydrogens (tertiary/aromatic N) is 6. The number of hydrogen-bond acceptors (Lipinski definition) is 8. The van der Waals surface area contributed by atoms with Gasteiger partial charge in [0.1, 0.15) is 18.0 Å². The van der Waals surface area contributed by atoms with Gasteiger partial charge in [0.15, 0.2) is 11.9 Å². The van der Waals surface area contributed by atoms with Crippen LogP contribution in [0.5, 0.6) is 5.75 Å². The van der Waals surface area contributed by atoms with Crippen molar-refractivity contribution in [2.45, 2.75) is 25.8 Å². The van der Waals surface area contributed by atoms with Crippen molar-refractivity contribution in [2.75, 3.05) is 26.0 Å². The number of carbonyl (C=O) groups is 1. The van der Waals surface area contributed by atoms with Crippen molar-refractivity contribution in [3.63, 3.8) is 0 Å². The molecule has 3 N–H and O–H groups in total. The quantitative estimate of drug-likeness (QED) is 0.281. The molecule has 0 aliphatic heterocycles. The van der Waals surface area contributed by atoms with Gasteiger partial charge in [-0.3, -0.25) is 9.48 Å². The van der Waals surface area contributed by atoms with Gasteiger partial charge in [0, 0.05) is 44.9 Å². The first-order valence-corrected chi connectivity index (χ1v) is 11.0. The molecular formula is C23H25F2N7O4. The molecule has 1 aromatic carbocycles. The summed E-state index contributed by atoms with van der Waals surface area (Å²) in [5.41, 5.74) is 2.07. The van der Waals surface area contributed by atoms with Crippen molar-refractivity contribution in [3.8, 4) is 17.0 Å². The van der Waals surface area contributed by atoms with E-state index in [2.05, 4.69) is 20.5 Å². The molecule has 11 nitrogen and oxygen atoms in total. The van der Waals surface area contributed by atoms with Crippen LogP contribution in [0.4, 0.5) is 14.5 Å². The Bertz CT molecular complexity index is 1360. The maximum absolute atomic E-state index is 13.2. The molecule has 3 heterocycles. The number of carbonyl (C=O) groups excluding carboxylic acids is 1. The second-order valence-electron chi connectivity index (χ2n) is 8.09. The number of amides is 1. The number of halogens is 2. The van der Waals surface area contributed by atoms with Gasteiger partial charge in [0.25, 0.3) is 0 Å². The average Bonchev–Trinajstić information content (AvgIpc) is 3.44. The Morgan fingerprint density at radius 3 is 2.83 bits per heavy atom. The van der Waals surface area contributed by atoms with Crippen molar-refractivity contribution >= 4 is 17.2 Å². The first-order chi connectivity index (χ1) is 17.3. The molecule has 0 fully saturated rings. The lowest BCUT2D eigenvalue weighted by atomic mass is 10.0. The fourth-order valence-corrected chi connectivity index (χ4v) is 3.60. The van der Waals surface area contributed by atoms with E-state index in [-0.39, 0.29) is 48.2 Å². The molecule has 4 rings (SSSR count). The SMILES string of the molecule is CN(C)C(=O)Cn1cc(NC(O)c2cnn3cccnc23)c(-c2cc(CCO)ccc2OC(F)F)n1. The normalized spacial score (nSPS) is 12.2. The first kappa shape index (κ1) is 25.0. The highest BCUT2D eigenvalue weighted by atomic mass is 19.3. The van der Waals surface area contributed by atoms with Crippen molar-refractivity contribution in [1.82, 2.24) is 29.3 Å². The van der Waals surface area contributed by atoms with Crippen LogP contribution < -0.4 is 10.1 Å². The zero-order valence-electron chi connectivity index (χ0n) is 19.5. The number of hydrogen-bond donors (Lipinski definition) is 3. The lowest BCUT2D eigenvalue weighted by Gasteiger charge is -2.15. The van der Waals surface area contributed by atoms with E-state index in [1.807, 2.05) is 0 Å². The number of likely N-dealkylation sites (N-methyl/N-ethyl adjacent to an activating group) is 1. The summed E-state index contributed by atoms with van der Waals surface area (Å²) in [6.07, 6.45) is 5.16. The lowest BCUT2D eigenvalue weighted by molar-refractivity contribution is -0.129. The van der Waals surface area contributed by atoms with E-state index >= 15 is 0 Å². The van der Waals surface area contributed by atoms with Crippen LogP contribution in [-0.2, 0) is 17.8 Å². The van der Waals surface area contributed by atoms with Gasteiger partial charge in [0.05, 0.1) is 17.4 Å². The van der Waals surface area contributed by atoms with Crippen molar-refractivity contribution < 1.29 is 28.5 Å². The van der Waals surface area contributed by atoms with Gasteiger partial charge in [-0.05, 0) is 30.2 Å². The summed E-state index contributed by atoms with van der Waals surface area (Å²) in [4.78, 5) is 17.9. The van der Waals surface area contributed by atoms with E-state index < -0.39 is 12.8 Å². The number of anilines is 1. The number of aromatic nitrogens is 5. The molecule has 36 heavy (non-hydrogen) atoms. The van der Waals surface area contributed by atoms with E-state index in [1.54, 1.807) is 44.7 Å². The predicted molar refractivity (Wildman–Crippen MR) is 125 cm³/mol. The molecule has 1 amide bonds. The summed E-state index contributed by atoms with van der Waals surface area (Å²) >= 11 is 0. The standard InChI is InChI=1S/C23H25F2N7O4/c1-30(2)19(34)13-31-12-17(28-22(35)16-11-27-32-8-3-7-26-21(16)32)20(29-31)15-10-14(6-9-33)4-5-18(15)36-23(24)25/h3-5,7-8,10-12,22-23,28,33,35H,6,9,13H2,1-2H3. The lowest BCUT2D eigenvalue weighted by Crippen LogP contribution is -2.26. The van der Waals surface area contributed by atoms with E-state index in [0.29, 0.717) is 16.8 Å². The third kappa shape index (κ3) is 5.42. The second kappa shape index (κ2) is 10.7. The number of aliphatic hydroxyl groups excluding tert-OH is 2. The number of nitrogens with one attached hydrogen (secondary N) is 1. The predicted octanol–water partition coefficient (Wildman–Crippen LogP) is 1.92. The van der Waals surface area contributed by atoms with Crippen LogP contribution in [0.15, 0.2) is 49.1 Å². The third-order valence-corrected chi connectivity index (χ3v) is 5.37. The van der Waals surface area contributed by atoms with E-state index in [9.17, 15) is 23.8 Å². The number of alkyl halides is 2. The van der Waals surface area contributed by atoms with Crippen LogP contribution in [0.3, 0.4) is 0 Å². The van der Waals surface area contributed by atoms with Crippen LogP contribution in [-0.4, -0.2) is 72.7 Å². The Kier molecular flexibility index (Phi) is 7.41. The van der Waals surface area contributed by atoms with Crippen LogP contribution in [0.2, 0.25) is 0 Å². The molecule has 4 aromatic rings. The largest absolute Gasteiger partial charge is 0.434 e. The topological polar surface area (TPSA) is 130 Å². The monoisotopic (exact) mass is 501 g/mol. The smallest absolute Gasteiger partial charge is 0.387 e. The highest BCUT2D eigenvalue weighted by Gasteiger charge is 2.23. The van der Waals surface area contributed by atoms with Gasteiger partial charge in [-0.25, -0.2) is 9.50 Å². The van der Waals surface area contributed by atoms with E-state index in [0.717, 1.165) is 0 Å². The molecule has 0 aliphatic rings. The highest BCUT2D eigenvalue weighted by molar-refractivity contribution is 5.80. The third-order valence-electron chi connectivity index (χ3n) is 5.37. The average molecular weight is 501 g/mol. The molecule has 13 heteroatoms. The molecule has 0 spiro atoms. The number of benzene rings is 1. The van der Waals surface area contributed by atoms with Gasteiger partial charge < -0.3 is 25.2 Å². The van der Waals surface area contributed by atoms with Gasteiger partial charge >= 0.3 is 6.61 Å². The Morgan fingerprint density at radius 1 is 1.31 bits per heavy atom. The summed E-state index contributed by atoms with van der Waals surface area (Å²) in [6.45, 7) is -3.36. The molecule has 0 aliphatic carbocycles. The summed E-state index contributed by atoms with van der Waals surface area (Å²) in [5.74, 6) is -0.396. The second-order valence-corrected chi connectivity index (χ2v) is 8.09. The van der Waals surface area contributed by atoms with Crippen molar-refractivity contribution in [3.05, 3.63) is 60.2 Å². The van der Waals surface area contributed by atoms with Gasteiger partial charge in [-0.15, -0.1) is 0 Å². The van der Waals surface area contributed by atoms with Crippen molar-refractivity contribution in [2.24, 2.45) is 0 Å². The molecule has 0 bridgehead atoms. The summed E-state index contributed by atoms with van der Waals surface area (Å²) in [7, 11) is 3.20. The molecule has 1 atom stereocenters.